The summed E-state index contributed by atoms with van der Waals surface area (Å²) in [6.45, 7) is 2.15. The lowest BCUT2D eigenvalue weighted by Gasteiger charge is -2.37. The van der Waals surface area contributed by atoms with E-state index in [1.165, 1.54) is 18.2 Å². The maximum Gasteiger partial charge on any atom is 0.254 e. The SMILES string of the molecule is COc1cccc(C(C#N)N2CCN(C(=O)c3cccc(F)c3)CC2)c1. The van der Waals surface area contributed by atoms with Gasteiger partial charge in [0.1, 0.15) is 17.6 Å². The zero-order chi connectivity index (χ0) is 18.5. The predicted molar refractivity (Wildman–Crippen MR) is 95.2 cm³/mol. The molecular weight excluding hydrogens is 333 g/mol. The van der Waals surface area contributed by atoms with Crippen LogP contribution in [0.4, 0.5) is 4.39 Å². The topological polar surface area (TPSA) is 56.6 Å². The highest BCUT2D eigenvalue weighted by atomic mass is 19.1. The maximum absolute atomic E-state index is 13.3. The van der Waals surface area contributed by atoms with Crippen LogP contribution in [0.25, 0.3) is 0 Å². The number of carbonyl (C=O) groups excluding carboxylic acids is 1. The summed E-state index contributed by atoms with van der Waals surface area (Å²) in [7, 11) is 1.59. The predicted octanol–water partition coefficient (Wildman–Crippen LogP) is 2.86. The molecule has 0 radical (unpaired) electrons. The van der Waals surface area contributed by atoms with E-state index in [1.54, 1.807) is 18.1 Å². The van der Waals surface area contributed by atoms with E-state index >= 15 is 0 Å². The minimum Gasteiger partial charge on any atom is -0.497 e. The van der Waals surface area contributed by atoms with Crippen LogP contribution >= 0.6 is 0 Å². The zero-order valence-corrected chi connectivity index (χ0v) is 14.6. The highest BCUT2D eigenvalue weighted by Gasteiger charge is 2.27. The van der Waals surface area contributed by atoms with Crippen LogP contribution in [0.15, 0.2) is 48.5 Å². The Morgan fingerprint density at radius 2 is 1.88 bits per heavy atom. The van der Waals surface area contributed by atoms with Crippen molar-refractivity contribution < 1.29 is 13.9 Å². The van der Waals surface area contributed by atoms with Crippen molar-refractivity contribution in [1.82, 2.24) is 9.80 Å². The summed E-state index contributed by atoms with van der Waals surface area (Å²) in [6.07, 6.45) is 0. The number of ether oxygens (including phenoxy) is 1. The van der Waals surface area contributed by atoms with Crippen LogP contribution in [-0.2, 0) is 0 Å². The molecular formula is C20H20FN3O2. The minimum atomic E-state index is -0.419. The van der Waals surface area contributed by atoms with Gasteiger partial charge in [-0.25, -0.2) is 4.39 Å². The third-order valence-electron chi connectivity index (χ3n) is 4.57. The van der Waals surface area contributed by atoms with Gasteiger partial charge >= 0.3 is 0 Å². The summed E-state index contributed by atoms with van der Waals surface area (Å²) in [5.74, 6) is 0.110. The lowest BCUT2D eigenvalue weighted by Crippen LogP contribution is -2.49. The molecule has 1 fully saturated rings. The second-order valence-corrected chi connectivity index (χ2v) is 6.15. The van der Waals surface area contributed by atoms with Crippen molar-refractivity contribution in [3.05, 3.63) is 65.5 Å². The molecule has 3 rings (SSSR count). The average molecular weight is 353 g/mol. The minimum absolute atomic E-state index is 0.181. The van der Waals surface area contributed by atoms with Gasteiger partial charge in [-0.15, -0.1) is 0 Å². The molecule has 1 aliphatic heterocycles. The quantitative estimate of drug-likeness (QED) is 0.848. The number of rotatable bonds is 4. The maximum atomic E-state index is 13.3. The first-order valence-corrected chi connectivity index (χ1v) is 8.45. The van der Waals surface area contributed by atoms with E-state index in [-0.39, 0.29) is 5.91 Å². The summed E-state index contributed by atoms with van der Waals surface area (Å²) >= 11 is 0. The Hall–Kier alpha value is -2.91. The molecule has 1 atom stereocenters. The molecule has 0 saturated carbocycles. The average Bonchev–Trinajstić information content (AvgIpc) is 2.69. The Morgan fingerprint density at radius 1 is 1.15 bits per heavy atom. The molecule has 2 aromatic rings. The standard InChI is InChI=1S/C20H20FN3O2/c1-26-18-7-3-4-15(13-18)19(14-22)23-8-10-24(11-9-23)20(25)16-5-2-6-17(21)12-16/h2-7,12-13,19H,8-11H2,1H3. The number of hydrogen-bond acceptors (Lipinski definition) is 4. The third kappa shape index (κ3) is 3.84. The van der Waals surface area contributed by atoms with Crippen LogP contribution in [0.5, 0.6) is 5.75 Å². The van der Waals surface area contributed by atoms with E-state index in [4.69, 9.17) is 4.74 Å². The molecule has 0 N–H and O–H groups in total. The van der Waals surface area contributed by atoms with Crippen LogP contribution in [0.3, 0.4) is 0 Å². The lowest BCUT2D eigenvalue weighted by molar-refractivity contribution is 0.0606. The Bertz CT molecular complexity index is 826. The smallest absolute Gasteiger partial charge is 0.254 e. The number of nitriles is 1. The van der Waals surface area contributed by atoms with Gasteiger partial charge < -0.3 is 9.64 Å². The largest absolute Gasteiger partial charge is 0.497 e. The molecule has 0 aliphatic carbocycles. The normalized spacial score (nSPS) is 16.0. The van der Waals surface area contributed by atoms with Gasteiger partial charge in [-0.2, -0.15) is 5.26 Å². The fraction of sp³-hybridized carbons (Fsp3) is 0.300. The second-order valence-electron chi connectivity index (χ2n) is 6.15. The summed E-state index contributed by atoms with van der Waals surface area (Å²) < 4.78 is 18.6. The van der Waals surface area contributed by atoms with Gasteiger partial charge in [-0.1, -0.05) is 18.2 Å². The first-order valence-electron chi connectivity index (χ1n) is 8.45. The number of carbonyl (C=O) groups is 1. The molecule has 6 heteroatoms. The first kappa shape index (κ1) is 17.9. The number of piperazine rings is 1. The van der Waals surface area contributed by atoms with Crippen LogP contribution in [0, 0.1) is 17.1 Å². The number of methoxy groups -OCH3 is 1. The van der Waals surface area contributed by atoms with Crippen molar-refractivity contribution in [3.8, 4) is 11.8 Å². The van der Waals surface area contributed by atoms with Gasteiger partial charge in [0.05, 0.1) is 13.2 Å². The van der Waals surface area contributed by atoms with Crippen molar-refractivity contribution in [2.75, 3.05) is 33.3 Å². The molecule has 5 nitrogen and oxygen atoms in total. The number of benzene rings is 2. The monoisotopic (exact) mass is 353 g/mol. The van der Waals surface area contributed by atoms with E-state index in [2.05, 4.69) is 6.07 Å². The van der Waals surface area contributed by atoms with Crippen LogP contribution in [0.2, 0.25) is 0 Å². The van der Waals surface area contributed by atoms with E-state index in [0.717, 1.165) is 5.56 Å². The van der Waals surface area contributed by atoms with Gasteiger partial charge in [-0.3, -0.25) is 9.69 Å². The molecule has 1 amide bonds. The van der Waals surface area contributed by atoms with Crippen molar-refractivity contribution in [1.29, 1.82) is 5.26 Å². The summed E-state index contributed by atoms with van der Waals surface area (Å²) in [5, 5.41) is 9.62. The molecule has 1 saturated heterocycles. The van der Waals surface area contributed by atoms with Crippen LogP contribution < -0.4 is 4.74 Å². The van der Waals surface area contributed by atoms with E-state index in [0.29, 0.717) is 37.5 Å². The number of amides is 1. The Morgan fingerprint density at radius 3 is 2.54 bits per heavy atom. The van der Waals surface area contributed by atoms with Gasteiger partial charge in [0.25, 0.3) is 5.91 Å². The van der Waals surface area contributed by atoms with Crippen molar-refractivity contribution in [2.24, 2.45) is 0 Å². The summed E-state index contributed by atoms with van der Waals surface area (Å²) in [5.41, 5.74) is 1.22. The Labute approximate surface area is 152 Å². The molecule has 1 heterocycles. The van der Waals surface area contributed by atoms with Crippen LogP contribution in [-0.4, -0.2) is 49.0 Å². The number of nitrogens with zero attached hydrogens (tertiary/aromatic N) is 3. The molecule has 0 spiro atoms. The molecule has 0 bridgehead atoms. The molecule has 134 valence electrons. The van der Waals surface area contributed by atoms with Crippen molar-refractivity contribution in [2.45, 2.75) is 6.04 Å². The highest BCUT2D eigenvalue weighted by Crippen LogP contribution is 2.25. The van der Waals surface area contributed by atoms with Crippen molar-refractivity contribution >= 4 is 5.91 Å². The molecule has 2 aromatic carbocycles. The molecule has 1 aliphatic rings. The number of hydrogen-bond donors (Lipinski definition) is 0. The highest BCUT2D eigenvalue weighted by molar-refractivity contribution is 5.94. The van der Waals surface area contributed by atoms with E-state index in [1.807, 2.05) is 29.2 Å². The number of halogens is 1. The van der Waals surface area contributed by atoms with Gasteiger partial charge in [0.2, 0.25) is 0 Å². The zero-order valence-electron chi connectivity index (χ0n) is 14.6. The van der Waals surface area contributed by atoms with Gasteiger partial charge in [0, 0.05) is 31.7 Å². The second kappa shape index (κ2) is 7.98. The van der Waals surface area contributed by atoms with Crippen molar-refractivity contribution in [3.63, 3.8) is 0 Å². The van der Waals surface area contributed by atoms with E-state index < -0.39 is 11.9 Å². The Balaban J connectivity index is 1.67. The van der Waals surface area contributed by atoms with E-state index in [9.17, 15) is 14.4 Å². The fourth-order valence-electron chi connectivity index (χ4n) is 3.17. The summed E-state index contributed by atoms with van der Waals surface area (Å²) in [4.78, 5) is 16.3. The summed E-state index contributed by atoms with van der Waals surface area (Å²) in [6, 6.07) is 15.1. The Kier molecular flexibility index (Phi) is 5.49. The first-order chi connectivity index (χ1) is 12.6. The fourth-order valence-corrected chi connectivity index (χ4v) is 3.17. The lowest BCUT2D eigenvalue weighted by atomic mass is 10.0. The third-order valence-corrected chi connectivity index (χ3v) is 4.57. The van der Waals surface area contributed by atoms with Crippen LogP contribution in [0.1, 0.15) is 22.0 Å². The van der Waals surface area contributed by atoms with Gasteiger partial charge in [0.15, 0.2) is 0 Å². The molecule has 26 heavy (non-hydrogen) atoms. The molecule has 1 unspecified atom stereocenters. The molecule has 0 aromatic heterocycles. The van der Waals surface area contributed by atoms with Gasteiger partial charge in [-0.05, 0) is 35.9 Å².